The summed E-state index contributed by atoms with van der Waals surface area (Å²) >= 11 is 0. The average Bonchev–Trinajstić information content (AvgIpc) is 2.73. The van der Waals surface area contributed by atoms with E-state index < -0.39 is 0 Å². The molecule has 0 aliphatic carbocycles. The van der Waals surface area contributed by atoms with Crippen LogP contribution in [0.5, 0.6) is 5.88 Å². The maximum Gasteiger partial charge on any atom is 0.228 e. The van der Waals surface area contributed by atoms with Crippen molar-refractivity contribution in [1.29, 1.82) is 0 Å². The van der Waals surface area contributed by atoms with Crippen molar-refractivity contribution in [3.05, 3.63) is 12.3 Å². The zero-order valence-electron chi connectivity index (χ0n) is 17.2. The summed E-state index contributed by atoms with van der Waals surface area (Å²) in [5.74, 6) is 1.44. The van der Waals surface area contributed by atoms with Crippen LogP contribution < -0.4 is 20.3 Å². The number of aromatic nitrogens is 2. The van der Waals surface area contributed by atoms with Gasteiger partial charge in [-0.05, 0) is 38.8 Å². The number of carbonyl (C=O) groups is 1. The number of piperidine rings is 2. The predicted molar refractivity (Wildman–Crippen MR) is 117 cm³/mol. The Morgan fingerprint density at radius 1 is 1.28 bits per heavy atom. The van der Waals surface area contributed by atoms with Crippen LogP contribution in [0.1, 0.15) is 25.7 Å². The highest BCUT2D eigenvalue weighted by Crippen LogP contribution is 2.29. The van der Waals surface area contributed by atoms with E-state index in [0.29, 0.717) is 25.0 Å². The molecule has 0 aromatic carbocycles. The van der Waals surface area contributed by atoms with Crippen LogP contribution in [0.4, 0.5) is 5.95 Å². The summed E-state index contributed by atoms with van der Waals surface area (Å²) in [7, 11) is 3.34. The number of nitrogens with one attached hydrogen (secondary N) is 2. The number of ether oxygens (including phenoxy) is 2. The van der Waals surface area contributed by atoms with Crippen LogP contribution in [-0.2, 0) is 9.53 Å². The molecule has 0 bridgehead atoms. The van der Waals surface area contributed by atoms with E-state index in [-0.39, 0.29) is 42.1 Å². The SMILES string of the molecule is COCC1(CNC(=O)C2CCN(c3nccc(OC)n3)CC2)CCNCC1.Cl.Cl. The Morgan fingerprint density at radius 2 is 1.97 bits per heavy atom. The van der Waals surface area contributed by atoms with E-state index in [9.17, 15) is 4.79 Å². The van der Waals surface area contributed by atoms with Crippen LogP contribution in [0.3, 0.4) is 0 Å². The standard InChI is InChI=1S/C19H31N5O3.2ClH/c1-26-14-19(6-9-20-10-7-19)13-22-17(25)15-4-11-24(12-5-15)18-21-8-3-16(23-18)27-2;;/h3,8,15,20H,4-7,9-14H2,1-2H3,(H,22,25);2*1H. The number of amides is 1. The Kier molecular flexibility index (Phi) is 11.0. The summed E-state index contributed by atoms with van der Waals surface area (Å²) in [6.07, 6.45) is 5.39. The second-order valence-electron chi connectivity index (χ2n) is 7.56. The number of halogens is 2. The second kappa shape index (κ2) is 12.4. The van der Waals surface area contributed by atoms with Gasteiger partial charge in [0.05, 0.1) is 13.7 Å². The van der Waals surface area contributed by atoms with Crippen LogP contribution in [0, 0.1) is 11.3 Å². The first-order valence-electron chi connectivity index (χ1n) is 9.75. The van der Waals surface area contributed by atoms with Crippen molar-refractivity contribution in [3.63, 3.8) is 0 Å². The third-order valence-corrected chi connectivity index (χ3v) is 5.73. The van der Waals surface area contributed by atoms with Gasteiger partial charge in [0.2, 0.25) is 17.7 Å². The van der Waals surface area contributed by atoms with E-state index in [1.807, 2.05) is 0 Å². The molecule has 2 N–H and O–H groups in total. The second-order valence-corrected chi connectivity index (χ2v) is 7.56. The van der Waals surface area contributed by atoms with Crippen molar-refractivity contribution < 1.29 is 14.3 Å². The Bertz CT molecular complexity index is 618. The van der Waals surface area contributed by atoms with Gasteiger partial charge in [-0.1, -0.05) is 0 Å². The highest BCUT2D eigenvalue weighted by Gasteiger charge is 2.34. The maximum atomic E-state index is 12.7. The molecule has 166 valence electrons. The molecule has 29 heavy (non-hydrogen) atoms. The number of anilines is 1. The normalized spacial score (nSPS) is 18.9. The minimum absolute atomic E-state index is 0. The number of hydrogen-bond donors (Lipinski definition) is 2. The smallest absolute Gasteiger partial charge is 0.228 e. The Labute approximate surface area is 185 Å². The first-order chi connectivity index (χ1) is 13.2. The van der Waals surface area contributed by atoms with E-state index >= 15 is 0 Å². The summed E-state index contributed by atoms with van der Waals surface area (Å²) < 4.78 is 10.6. The van der Waals surface area contributed by atoms with Gasteiger partial charge in [-0.3, -0.25) is 4.79 Å². The van der Waals surface area contributed by atoms with E-state index in [2.05, 4.69) is 25.5 Å². The molecule has 1 amide bonds. The quantitative estimate of drug-likeness (QED) is 0.654. The van der Waals surface area contributed by atoms with Gasteiger partial charge >= 0.3 is 0 Å². The number of nitrogens with zero attached hydrogens (tertiary/aromatic N) is 3. The molecule has 0 spiro atoms. The molecule has 2 saturated heterocycles. The van der Waals surface area contributed by atoms with Gasteiger partial charge < -0.3 is 25.0 Å². The number of hydrogen-bond acceptors (Lipinski definition) is 7. The van der Waals surface area contributed by atoms with E-state index in [1.54, 1.807) is 26.5 Å². The summed E-state index contributed by atoms with van der Waals surface area (Å²) in [4.78, 5) is 23.5. The van der Waals surface area contributed by atoms with Crippen LogP contribution >= 0.6 is 24.8 Å². The van der Waals surface area contributed by atoms with Crippen LogP contribution in [0.2, 0.25) is 0 Å². The fourth-order valence-corrected chi connectivity index (χ4v) is 3.99. The number of rotatable bonds is 7. The highest BCUT2D eigenvalue weighted by atomic mass is 35.5. The van der Waals surface area contributed by atoms with Crippen molar-refractivity contribution >= 4 is 36.7 Å². The van der Waals surface area contributed by atoms with Gasteiger partial charge in [-0.25, -0.2) is 4.98 Å². The van der Waals surface area contributed by atoms with Gasteiger partial charge in [0.15, 0.2) is 0 Å². The lowest BCUT2D eigenvalue weighted by Gasteiger charge is -2.38. The summed E-state index contributed by atoms with van der Waals surface area (Å²) in [6.45, 7) is 4.91. The number of methoxy groups -OCH3 is 2. The van der Waals surface area contributed by atoms with Crippen molar-refractivity contribution in [2.45, 2.75) is 25.7 Å². The Morgan fingerprint density at radius 3 is 2.59 bits per heavy atom. The molecule has 1 aromatic heterocycles. The average molecular weight is 450 g/mol. The third-order valence-electron chi connectivity index (χ3n) is 5.73. The van der Waals surface area contributed by atoms with Crippen LogP contribution in [0.25, 0.3) is 0 Å². The molecule has 0 radical (unpaired) electrons. The minimum atomic E-state index is 0. The molecule has 0 unspecified atom stereocenters. The van der Waals surface area contributed by atoms with Crippen molar-refractivity contribution in [3.8, 4) is 5.88 Å². The first-order valence-corrected chi connectivity index (χ1v) is 9.75. The molecule has 2 aliphatic heterocycles. The predicted octanol–water partition coefficient (Wildman–Crippen LogP) is 1.68. The molecule has 3 rings (SSSR count). The van der Waals surface area contributed by atoms with Gasteiger partial charge in [0.25, 0.3) is 0 Å². The van der Waals surface area contributed by atoms with Crippen LogP contribution in [0.15, 0.2) is 12.3 Å². The molecular weight excluding hydrogens is 417 g/mol. The van der Waals surface area contributed by atoms with Crippen molar-refractivity contribution in [2.24, 2.45) is 11.3 Å². The molecule has 0 atom stereocenters. The molecule has 0 saturated carbocycles. The lowest BCUT2D eigenvalue weighted by atomic mass is 9.79. The molecule has 2 aliphatic rings. The zero-order chi connectivity index (χ0) is 19.1. The summed E-state index contributed by atoms with van der Waals surface area (Å²) in [5, 5.41) is 6.59. The molecule has 10 heteroatoms. The third kappa shape index (κ3) is 6.84. The van der Waals surface area contributed by atoms with E-state index in [4.69, 9.17) is 9.47 Å². The maximum absolute atomic E-state index is 12.7. The Hall–Kier alpha value is -1.35. The van der Waals surface area contributed by atoms with Gasteiger partial charge in [0.1, 0.15) is 0 Å². The fraction of sp³-hybridized carbons (Fsp3) is 0.737. The topological polar surface area (TPSA) is 88.6 Å². The summed E-state index contributed by atoms with van der Waals surface area (Å²) in [6, 6.07) is 1.74. The number of carbonyl (C=O) groups excluding carboxylic acids is 1. The van der Waals surface area contributed by atoms with E-state index in [1.165, 1.54) is 0 Å². The lowest BCUT2D eigenvalue weighted by Crippen LogP contribution is -2.49. The molecule has 2 fully saturated rings. The first kappa shape index (κ1) is 25.7. The molecule has 1 aromatic rings. The van der Waals surface area contributed by atoms with E-state index in [0.717, 1.165) is 51.9 Å². The zero-order valence-corrected chi connectivity index (χ0v) is 18.8. The van der Waals surface area contributed by atoms with Gasteiger partial charge in [0, 0.05) is 50.3 Å². The Balaban J connectivity index is 0.00000210. The van der Waals surface area contributed by atoms with Gasteiger partial charge in [-0.15, -0.1) is 24.8 Å². The fourth-order valence-electron chi connectivity index (χ4n) is 3.99. The van der Waals surface area contributed by atoms with Crippen LogP contribution in [-0.4, -0.2) is 69.4 Å². The monoisotopic (exact) mass is 449 g/mol. The van der Waals surface area contributed by atoms with Crippen molar-refractivity contribution in [1.82, 2.24) is 20.6 Å². The largest absolute Gasteiger partial charge is 0.481 e. The highest BCUT2D eigenvalue weighted by molar-refractivity contribution is 5.85. The molecule has 8 nitrogen and oxygen atoms in total. The molecular formula is C19H33Cl2N5O3. The molecule has 3 heterocycles. The lowest BCUT2D eigenvalue weighted by molar-refractivity contribution is -0.126. The minimum Gasteiger partial charge on any atom is -0.481 e. The van der Waals surface area contributed by atoms with Gasteiger partial charge in [-0.2, -0.15) is 4.98 Å². The van der Waals surface area contributed by atoms with Crippen molar-refractivity contribution in [2.75, 3.05) is 58.5 Å². The summed E-state index contributed by atoms with van der Waals surface area (Å²) in [5.41, 5.74) is 0.0603.